The van der Waals surface area contributed by atoms with E-state index >= 15 is 0 Å². The van der Waals surface area contributed by atoms with Crippen LogP contribution in [-0.4, -0.2) is 17.7 Å². The monoisotopic (exact) mass is 259 g/mol. The minimum absolute atomic E-state index is 0.0234. The molecule has 0 bridgehead atoms. The molecule has 0 amide bonds. The molecule has 0 atom stereocenters. The van der Waals surface area contributed by atoms with Crippen LogP contribution in [0.3, 0.4) is 0 Å². The predicted octanol–water partition coefficient (Wildman–Crippen LogP) is 3.16. The summed E-state index contributed by atoms with van der Waals surface area (Å²) in [5, 5.41) is 2.71. The van der Waals surface area contributed by atoms with E-state index in [1.807, 2.05) is 0 Å². The molecule has 0 saturated heterocycles. The van der Waals surface area contributed by atoms with E-state index in [1.165, 1.54) is 0 Å². The molecule has 98 valence electrons. The van der Waals surface area contributed by atoms with Gasteiger partial charge in [0, 0.05) is 24.7 Å². The van der Waals surface area contributed by atoms with Gasteiger partial charge in [0.2, 0.25) is 0 Å². The van der Waals surface area contributed by atoms with Crippen LogP contribution >= 0.6 is 0 Å². The van der Waals surface area contributed by atoms with Crippen LogP contribution in [0.1, 0.15) is 12.8 Å². The van der Waals surface area contributed by atoms with Crippen molar-refractivity contribution in [1.29, 1.82) is 0 Å². The smallest absolute Gasteiger partial charge is 0.389 e. The van der Waals surface area contributed by atoms with Crippen LogP contribution < -0.4 is 11.1 Å². The molecule has 0 spiro atoms. The van der Waals surface area contributed by atoms with Crippen molar-refractivity contribution in [1.82, 2.24) is 4.98 Å². The van der Waals surface area contributed by atoms with Gasteiger partial charge in [-0.3, -0.25) is 0 Å². The third-order valence-electron chi connectivity index (χ3n) is 2.33. The number of rotatable bonds is 4. The highest BCUT2D eigenvalue weighted by Gasteiger charge is 2.25. The summed E-state index contributed by atoms with van der Waals surface area (Å²) in [6, 6.07) is 5.19. The molecule has 0 unspecified atom stereocenters. The number of nitrogens with zero attached hydrogens (tertiary/aromatic N) is 1. The van der Waals surface area contributed by atoms with E-state index in [4.69, 9.17) is 10.2 Å². The number of aromatic nitrogens is 1. The maximum absolute atomic E-state index is 11.9. The Labute approximate surface area is 101 Å². The highest BCUT2D eigenvalue weighted by atomic mass is 19.4. The highest BCUT2D eigenvalue weighted by Crippen LogP contribution is 2.23. The first-order valence-corrected chi connectivity index (χ1v) is 5.41. The Morgan fingerprint density at radius 3 is 2.83 bits per heavy atom. The molecule has 0 aliphatic carbocycles. The molecular weight excluding hydrogens is 247 g/mol. The van der Waals surface area contributed by atoms with E-state index in [9.17, 15) is 13.2 Å². The Morgan fingerprint density at radius 2 is 2.11 bits per heavy atom. The Morgan fingerprint density at radius 1 is 1.33 bits per heavy atom. The zero-order valence-corrected chi connectivity index (χ0v) is 9.42. The van der Waals surface area contributed by atoms with Crippen LogP contribution in [-0.2, 0) is 0 Å². The van der Waals surface area contributed by atoms with E-state index in [2.05, 4.69) is 10.3 Å². The number of nitrogens with two attached hydrogens (primary N) is 1. The zero-order chi connectivity index (χ0) is 13.2. The molecule has 4 nitrogen and oxygen atoms in total. The van der Waals surface area contributed by atoms with Crippen LogP contribution in [0, 0.1) is 0 Å². The van der Waals surface area contributed by atoms with E-state index in [-0.39, 0.29) is 19.0 Å². The fraction of sp³-hybridized carbons (Fsp3) is 0.364. The molecule has 7 heteroatoms. The Bertz CT molecular complexity index is 536. The van der Waals surface area contributed by atoms with Gasteiger partial charge in [0.25, 0.3) is 6.01 Å². The van der Waals surface area contributed by atoms with Crippen molar-refractivity contribution in [3.05, 3.63) is 18.2 Å². The summed E-state index contributed by atoms with van der Waals surface area (Å²) in [7, 11) is 0. The average Bonchev–Trinajstić information content (AvgIpc) is 2.65. The maximum Gasteiger partial charge on any atom is 0.389 e. The summed E-state index contributed by atoms with van der Waals surface area (Å²) in [5.41, 5.74) is 7.23. The van der Waals surface area contributed by atoms with E-state index in [0.29, 0.717) is 16.8 Å². The minimum atomic E-state index is -4.13. The molecule has 0 aliphatic heterocycles. The first-order valence-electron chi connectivity index (χ1n) is 5.41. The lowest BCUT2D eigenvalue weighted by molar-refractivity contribution is -0.134. The molecule has 3 N–H and O–H groups in total. The molecule has 0 saturated carbocycles. The SMILES string of the molecule is Nc1ccc2nc(NCCCC(F)(F)F)oc2c1. The quantitative estimate of drug-likeness (QED) is 0.654. The summed E-state index contributed by atoms with van der Waals surface area (Å²) in [6.45, 7) is 0.155. The number of hydrogen-bond acceptors (Lipinski definition) is 4. The van der Waals surface area contributed by atoms with Crippen molar-refractivity contribution in [3.8, 4) is 0 Å². The summed E-state index contributed by atoms with van der Waals surface area (Å²) in [5.74, 6) is 0. The Balaban J connectivity index is 1.92. The number of fused-ring (bicyclic) bond motifs is 1. The van der Waals surface area contributed by atoms with Gasteiger partial charge in [0.1, 0.15) is 5.52 Å². The highest BCUT2D eigenvalue weighted by molar-refractivity contribution is 5.77. The van der Waals surface area contributed by atoms with E-state index in [0.717, 1.165) is 0 Å². The molecule has 1 aromatic carbocycles. The lowest BCUT2D eigenvalue weighted by Gasteiger charge is -2.05. The number of hydrogen-bond donors (Lipinski definition) is 2. The molecule has 0 aliphatic rings. The van der Waals surface area contributed by atoms with Gasteiger partial charge in [-0.15, -0.1) is 0 Å². The van der Waals surface area contributed by atoms with E-state index in [1.54, 1.807) is 18.2 Å². The third kappa shape index (κ3) is 3.28. The third-order valence-corrected chi connectivity index (χ3v) is 2.33. The van der Waals surface area contributed by atoms with Gasteiger partial charge in [-0.25, -0.2) is 0 Å². The largest absolute Gasteiger partial charge is 0.423 e. The molecule has 1 aromatic heterocycles. The number of halogens is 3. The van der Waals surface area contributed by atoms with Crippen LogP contribution in [0.2, 0.25) is 0 Å². The maximum atomic E-state index is 11.9. The van der Waals surface area contributed by atoms with Gasteiger partial charge >= 0.3 is 6.18 Å². The van der Waals surface area contributed by atoms with Gasteiger partial charge in [-0.1, -0.05) is 0 Å². The first kappa shape index (κ1) is 12.5. The van der Waals surface area contributed by atoms with Crippen LogP contribution in [0.4, 0.5) is 24.9 Å². The summed E-state index contributed by atoms with van der Waals surface area (Å²) in [6.07, 6.45) is -4.98. The second-order valence-electron chi connectivity index (χ2n) is 3.89. The second kappa shape index (κ2) is 4.75. The van der Waals surface area contributed by atoms with Crippen LogP contribution in [0.25, 0.3) is 11.1 Å². The number of alkyl halides is 3. The lowest BCUT2D eigenvalue weighted by atomic mass is 10.3. The molecule has 1 heterocycles. The fourth-order valence-corrected chi connectivity index (χ4v) is 1.50. The van der Waals surface area contributed by atoms with Crippen molar-refractivity contribution < 1.29 is 17.6 Å². The van der Waals surface area contributed by atoms with Crippen LogP contribution in [0.15, 0.2) is 22.6 Å². The molecule has 0 radical (unpaired) electrons. The molecule has 18 heavy (non-hydrogen) atoms. The van der Waals surface area contributed by atoms with Crippen molar-refractivity contribution >= 4 is 22.8 Å². The van der Waals surface area contributed by atoms with E-state index < -0.39 is 12.6 Å². The number of anilines is 2. The Kier molecular flexibility index (Phi) is 3.31. The Hall–Kier alpha value is -1.92. The standard InChI is InChI=1S/C11H12F3N3O/c12-11(13,14)4-1-5-16-10-17-8-3-2-7(15)6-9(8)18-10/h2-3,6H,1,4-5,15H2,(H,16,17). The number of nitrogen functional groups attached to an aromatic ring is 1. The van der Waals surface area contributed by atoms with Gasteiger partial charge in [-0.05, 0) is 18.6 Å². The molecular formula is C11H12F3N3O. The molecule has 0 fully saturated rings. The summed E-state index contributed by atoms with van der Waals surface area (Å²) in [4.78, 5) is 4.07. The lowest BCUT2D eigenvalue weighted by Crippen LogP contribution is -2.10. The topological polar surface area (TPSA) is 64.1 Å². The molecule has 2 aromatic rings. The van der Waals surface area contributed by atoms with Crippen molar-refractivity contribution in [2.45, 2.75) is 19.0 Å². The van der Waals surface area contributed by atoms with Gasteiger partial charge < -0.3 is 15.5 Å². The number of oxazole rings is 1. The minimum Gasteiger partial charge on any atom is -0.423 e. The molecule has 2 rings (SSSR count). The van der Waals surface area contributed by atoms with Crippen molar-refractivity contribution in [2.24, 2.45) is 0 Å². The number of benzene rings is 1. The normalized spacial score (nSPS) is 11.9. The predicted molar refractivity (Wildman–Crippen MR) is 62.2 cm³/mol. The van der Waals surface area contributed by atoms with Crippen molar-refractivity contribution in [3.63, 3.8) is 0 Å². The zero-order valence-electron chi connectivity index (χ0n) is 9.42. The fourth-order valence-electron chi connectivity index (χ4n) is 1.50. The second-order valence-corrected chi connectivity index (χ2v) is 3.89. The van der Waals surface area contributed by atoms with Crippen molar-refractivity contribution in [2.75, 3.05) is 17.6 Å². The first-order chi connectivity index (χ1) is 8.44. The average molecular weight is 259 g/mol. The number of nitrogens with one attached hydrogen (secondary N) is 1. The van der Waals surface area contributed by atoms with Crippen LogP contribution in [0.5, 0.6) is 0 Å². The summed E-state index contributed by atoms with van der Waals surface area (Å²) < 4.78 is 41.0. The van der Waals surface area contributed by atoms with Gasteiger partial charge in [-0.2, -0.15) is 18.2 Å². The van der Waals surface area contributed by atoms with Gasteiger partial charge in [0.05, 0.1) is 0 Å². The summed E-state index contributed by atoms with van der Waals surface area (Å²) >= 11 is 0. The van der Waals surface area contributed by atoms with Gasteiger partial charge in [0.15, 0.2) is 5.58 Å².